The fourth-order valence-corrected chi connectivity index (χ4v) is 1.86. The minimum absolute atomic E-state index is 0.0716. The van der Waals surface area contributed by atoms with Crippen molar-refractivity contribution >= 4 is 5.91 Å². The standard InChI is InChI=1S/C9H15NO2/c1-8(11)10-5-3-2-4-9(6-10)7-12-9/h2-7H2,1H3. The van der Waals surface area contributed by atoms with Gasteiger partial charge in [0.2, 0.25) is 5.91 Å². The number of rotatable bonds is 0. The number of hydrogen-bond acceptors (Lipinski definition) is 2. The predicted octanol–water partition coefficient (Wildman–Crippen LogP) is 0.788. The first kappa shape index (κ1) is 8.05. The summed E-state index contributed by atoms with van der Waals surface area (Å²) in [5.41, 5.74) is 0.0716. The van der Waals surface area contributed by atoms with E-state index in [-0.39, 0.29) is 11.5 Å². The van der Waals surface area contributed by atoms with Gasteiger partial charge in [-0.05, 0) is 19.3 Å². The van der Waals surface area contributed by atoms with Crippen molar-refractivity contribution in [2.45, 2.75) is 31.8 Å². The maximum atomic E-state index is 11.1. The number of likely N-dealkylation sites (tertiary alicyclic amines) is 1. The van der Waals surface area contributed by atoms with Crippen LogP contribution < -0.4 is 0 Å². The third-order valence-electron chi connectivity index (χ3n) is 2.79. The molecular weight excluding hydrogens is 154 g/mol. The molecule has 1 unspecified atom stereocenters. The highest BCUT2D eigenvalue weighted by atomic mass is 16.6. The number of nitrogens with zero attached hydrogens (tertiary/aromatic N) is 1. The normalized spacial score (nSPS) is 34.9. The summed E-state index contributed by atoms with van der Waals surface area (Å²) < 4.78 is 5.40. The number of hydrogen-bond donors (Lipinski definition) is 0. The second-order valence-electron chi connectivity index (χ2n) is 3.87. The molecule has 1 atom stereocenters. The fraction of sp³-hybridized carbons (Fsp3) is 0.889. The molecule has 1 amide bonds. The largest absolute Gasteiger partial charge is 0.368 e. The van der Waals surface area contributed by atoms with Crippen LogP contribution >= 0.6 is 0 Å². The number of amides is 1. The minimum atomic E-state index is 0.0716. The van der Waals surface area contributed by atoms with Crippen LogP contribution in [0.1, 0.15) is 26.2 Å². The lowest BCUT2D eigenvalue weighted by Gasteiger charge is -2.20. The van der Waals surface area contributed by atoms with Crippen molar-refractivity contribution in [3.63, 3.8) is 0 Å². The van der Waals surface area contributed by atoms with Crippen molar-refractivity contribution in [2.24, 2.45) is 0 Å². The first-order valence-electron chi connectivity index (χ1n) is 4.61. The highest BCUT2D eigenvalue weighted by molar-refractivity contribution is 5.73. The van der Waals surface area contributed by atoms with Gasteiger partial charge in [0.05, 0.1) is 13.2 Å². The summed E-state index contributed by atoms with van der Waals surface area (Å²) >= 11 is 0. The van der Waals surface area contributed by atoms with Crippen LogP contribution in [0.2, 0.25) is 0 Å². The lowest BCUT2D eigenvalue weighted by Crippen LogP contribution is -2.36. The molecule has 0 aromatic carbocycles. The van der Waals surface area contributed by atoms with E-state index in [1.807, 2.05) is 4.90 Å². The third kappa shape index (κ3) is 1.46. The molecule has 3 nitrogen and oxygen atoms in total. The van der Waals surface area contributed by atoms with E-state index in [0.717, 1.165) is 32.5 Å². The van der Waals surface area contributed by atoms with E-state index < -0.39 is 0 Å². The van der Waals surface area contributed by atoms with Gasteiger partial charge in [-0.3, -0.25) is 4.79 Å². The summed E-state index contributed by atoms with van der Waals surface area (Å²) in [4.78, 5) is 13.1. The predicted molar refractivity (Wildman–Crippen MR) is 44.8 cm³/mol. The van der Waals surface area contributed by atoms with E-state index in [9.17, 15) is 4.79 Å². The topological polar surface area (TPSA) is 32.8 Å². The summed E-state index contributed by atoms with van der Waals surface area (Å²) in [6.45, 7) is 4.24. The van der Waals surface area contributed by atoms with Crippen molar-refractivity contribution in [1.29, 1.82) is 0 Å². The number of carbonyl (C=O) groups excluding carboxylic acids is 1. The summed E-state index contributed by atoms with van der Waals surface area (Å²) in [6.07, 6.45) is 3.46. The Morgan fingerprint density at radius 2 is 2.25 bits per heavy atom. The van der Waals surface area contributed by atoms with Gasteiger partial charge in [0, 0.05) is 13.5 Å². The number of epoxide rings is 1. The van der Waals surface area contributed by atoms with Crippen LogP contribution in [-0.4, -0.2) is 36.1 Å². The van der Waals surface area contributed by atoms with Crippen LogP contribution in [0, 0.1) is 0 Å². The molecule has 3 heteroatoms. The molecular formula is C9H15NO2. The Balaban J connectivity index is 2.01. The molecule has 2 aliphatic heterocycles. The van der Waals surface area contributed by atoms with Crippen LogP contribution in [0.5, 0.6) is 0 Å². The quantitative estimate of drug-likeness (QED) is 0.502. The molecule has 68 valence electrons. The summed E-state index contributed by atoms with van der Waals surface area (Å²) in [6, 6.07) is 0. The van der Waals surface area contributed by atoms with Crippen LogP contribution in [0.15, 0.2) is 0 Å². The molecule has 2 rings (SSSR count). The van der Waals surface area contributed by atoms with Gasteiger partial charge < -0.3 is 9.64 Å². The lowest BCUT2D eigenvalue weighted by molar-refractivity contribution is -0.129. The maximum Gasteiger partial charge on any atom is 0.219 e. The molecule has 0 radical (unpaired) electrons. The smallest absolute Gasteiger partial charge is 0.219 e. The van der Waals surface area contributed by atoms with E-state index in [4.69, 9.17) is 4.74 Å². The zero-order valence-electron chi connectivity index (χ0n) is 7.51. The van der Waals surface area contributed by atoms with Crippen molar-refractivity contribution in [3.05, 3.63) is 0 Å². The van der Waals surface area contributed by atoms with Gasteiger partial charge in [0.1, 0.15) is 5.60 Å². The van der Waals surface area contributed by atoms with Gasteiger partial charge in [0.15, 0.2) is 0 Å². The van der Waals surface area contributed by atoms with Gasteiger partial charge in [-0.25, -0.2) is 0 Å². The Bertz CT molecular complexity index is 199. The van der Waals surface area contributed by atoms with Crippen molar-refractivity contribution in [3.8, 4) is 0 Å². The Hall–Kier alpha value is -0.570. The third-order valence-corrected chi connectivity index (χ3v) is 2.79. The van der Waals surface area contributed by atoms with E-state index >= 15 is 0 Å². The summed E-state index contributed by atoms with van der Waals surface area (Å²) in [5.74, 6) is 0.187. The van der Waals surface area contributed by atoms with Gasteiger partial charge in [0.25, 0.3) is 0 Å². The first-order chi connectivity index (χ1) is 5.72. The van der Waals surface area contributed by atoms with Crippen LogP contribution in [0.4, 0.5) is 0 Å². The molecule has 0 saturated carbocycles. The highest BCUT2D eigenvalue weighted by Gasteiger charge is 2.46. The molecule has 0 aromatic rings. The Kier molecular flexibility index (Phi) is 1.83. The van der Waals surface area contributed by atoms with Gasteiger partial charge in [-0.1, -0.05) is 0 Å². The van der Waals surface area contributed by atoms with Crippen molar-refractivity contribution in [2.75, 3.05) is 19.7 Å². The van der Waals surface area contributed by atoms with E-state index in [2.05, 4.69) is 0 Å². The number of ether oxygens (including phenoxy) is 1. The second kappa shape index (κ2) is 2.73. The molecule has 0 aliphatic carbocycles. The Morgan fingerprint density at radius 1 is 1.50 bits per heavy atom. The number of carbonyl (C=O) groups is 1. The molecule has 0 bridgehead atoms. The van der Waals surface area contributed by atoms with Crippen LogP contribution in [-0.2, 0) is 9.53 Å². The van der Waals surface area contributed by atoms with E-state index in [1.54, 1.807) is 6.92 Å². The van der Waals surface area contributed by atoms with Crippen LogP contribution in [0.25, 0.3) is 0 Å². The molecule has 2 heterocycles. The highest BCUT2D eigenvalue weighted by Crippen LogP contribution is 2.35. The Morgan fingerprint density at radius 3 is 2.83 bits per heavy atom. The molecule has 2 fully saturated rings. The molecule has 1 spiro atoms. The zero-order chi connectivity index (χ0) is 8.60. The first-order valence-corrected chi connectivity index (χ1v) is 4.61. The fourth-order valence-electron chi connectivity index (χ4n) is 1.86. The average molecular weight is 169 g/mol. The average Bonchev–Trinajstić information content (AvgIpc) is 2.80. The van der Waals surface area contributed by atoms with Gasteiger partial charge in [-0.15, -0.1) is 0 Å². The van der Waals surface area contributed by atoms with Crippen LogP contribution in [0.3, 0.4) is 0 Å². The SMILES string of the molecule is CC(=O)N1CCCCC2(CO2)C1. The summed E-state index contributed by atoms with van der Waals surface area (Å²) in [7, 11) is 0. The zero-order valence-corrected chi connectivity index (χ0v) is 7.51. The molecule has 0 N–H and O–H groups in total. The van der Waals surface area contributed by atoms with E-state index in [1.165, 1.54) is 6.42 Å². The van der Waals surface area contributed by atoms with Gasteiger partial charge in [-0.2, -0.15) is 0 Å². The lowest BCUT2D eigenvalue weighted by atomic mass is 10.1. The van der Waals surface area contributed by atoms with E-state index in [0.29, 0.717) is 0 Å². The molecule has 0 aromatic heterocycles. The molecule has 12 heavy (non-hydrogen) atoms. The molecule has 2 aliphatic rings. The van der Waals surface area contributed by atoms with Crippen molar-refractivity contribution in [1.82, 2.24) is 4.90 Å². The second-order valence-corrected chi connectivity index (χ2v) is 3.87. The summed E-state index contributed by atoms with van der Waals surface area (Å²) in [5, 5.41) is 0. The monoisotopic (exact) mass is 169 g/mol. The van der Waals surface area contributed by atoms with Gasteiger partial charge >= 0.3 is 0 Å². The minimum Gasteiger partial charge on any atom is -0.368 e. The molecule has 2 saturated heterocycles. The Labute approximate surface area is 72.7 Å². The van der Waals surface area contributed by atoms with Crippen molar-refractivity contribution < 1.29 is 9.53 Å². The maximum absolute atomic E-state index is 11.1.